The van der Waals surface area contributed by atoms with E-state index in [0.29, 0.717) is 6.54 Å². The lowest BCUT2D eigenvalue weighted by atomic mass is 10.2. The third-order valence-corrected chi connectivity index (χ3v) is 3.19. The highest BCUT2D eigenvalue weighted by Gasteiger charge is 2.11. The van der Waals surface area contributed by atoms with Crippen molar-refractivity contribution in [3.05, 3.63) is 31.9 Å². The standard InChI is InChI=1S/C10H14IN3O2/c1-2-7(6-12)13-10-4-3-8(14(15)16)5-9(10)11/h3-5,7,13H,2,6,12H2,1H3. The smallest absolute Gasteiger partial charge is 0.270 e. The molecule has 0 spiro atoms. The van der Waals surface area contributed by atoms with Crippen LogP contribution in [0, 0.1) is 13.7 Å². The zero-order valence-corrected chi connectivity index (χ0v) is 11.1. The van der Waals surface area contributed by atoms with Crippen molar-refractivity contribution in [2.75, 3.05) is 11.9 Å². The molecule has 16 heavy (non-hydrogen) atoms. The number of halogens is 1. The van der Waals surface area contributed by atoms with Crippen LogP contribution in [0.2, 0.25) is 0 Å². The number of hydrogen-bond donors (Lipinski definition) is 2. The molecule has 88 valence electrons. The van der Waals surface area contributed by atoms with Crippen molar-refractivity contribution < 1.29 is 4.92 Å². The van der Waals surface area contributed by atoms with E-state index in [9.17, 15) is 10.1 Å². The minimum Gasteiger partial charge on any atom is -0.380 e. The molecule has 0 radical (unpaired) electrons. The highest BCUT2D eigenvalue weighted by Crippen LogP contribution is 2.24. The number of non-ortho nitro benzene ring substituents is 1. The molecule has 0 saturated heterocycles. The van der Waals surface area contributed by atoms with Crippen LogP contribution in [0.15, 0.2) is 18.2 Å². The average Bonchev–Trinajstić information content (AvgIpc) is 2.27. The molecule has 0 aromatic heterocycles. The van der Waals surface area contributed by atoms with Crippen LogP contribution in [0.5, 0.6) is 0 Å². The lowest BCUT2D eigenvalue weighted by Gasteiger charge is -2.16. The van der Waals surface area contributed by atoms with Crippen molar-refractivity contribution in [1.82, 2.24) is 0 Å². The average molecular weight is 335 g/mol. The number of nitrogens with zero attached hydrogens (tertiary/aromatic N) is 1. The highest BCUT2D eigenvalue weighted by atomic mass is 127. The first-order valence-corrected chi connectivity index (χ1v) is 6.07. The molecular weight excluding hydrogens is 321 g/mol. The van der Waals surface area contributed by atoms with E-state index in [0.717, 1.165) is 15.7 Å². The molecule has 0 saturated carbocycles. The van der Waals surface area contributed by atoms with Crippen molar-refractivity contribution in [2.45, 2.75) is 19.4 Å². The maximum absolute atomic E-state index is 10.6. The molecule has 1 aromatic carbocycles. The number of nitrogens with one attached hydrogen (secondary N) is 1. The van der Waals surface area contributed by atoms with Crippen LogP contribution in [0.4, 0.5) is 11.4 Å². The Morgan fingerprint density at radius 2 is 2.31 bits per heavy atom. The monoisotopic (exact) mass is 335 g/mol. The van der Waals surface area contributed by atoms with Gasteiger partial charge in [-0.3, -0.25) is 10.1 Å². The topological polar surface area (TPSA) is 81.2 Å². The predicted molar refractivity (Wildman–Crippen MR) is 72.6 cm³/mol. The highest BCUT2D eigenvalue weighted by molar-refractivity contribution is 14.1. The molecule has 5 nitrogen and oxygen atoms in total. The van der Waals surface area contributed by atoms with E-state index in [1.54, 1.807) is 12.1 Å². The summed E-state index contributed by atoms with van der Waals surface area (Å²) < 4.78 is 0.832. The van der Waals surface area contributed by atoms with Crippen LogP contribution in [-0.4, -0.2) is 17.5 Å². The first kappa shape index (κ1) is 13.2. The van der Waals surface area contributed by atoms with Crippen LogP contribution in [0.3, 0.4) is 0 Å². The second kappa shape index (κ2) is 6.00. The largest absolute Gasteiger partial charge is 0.380 e. The van der Waals surface area contributed by atoms with Gasteiger partial charge in [0.25, 0.3) is 5.69 Å². The van der Waals surface area contributed by atoms with Gasteiger partial charge in [0, 0.05) is 34.0 Å². The van der Waals surface area contributed by atoms with Gasteiger partial charge < -0.3 is 11.1 Å². The quantitative estimate of drug-likeness (QED) is 0.492. The minimum absolute atomic E-state index is 0.107. The summed E-state index contributed by atoms with van der Waals surface area (Å²) in [6.45, 7) is 2.59. The second-order valence-corrected chi connectivity index (χ2v) is 4.57. The first-order chi connectivity index (χ1) is 7.58. The third-order valence-electron chi connectivity index (χ3n) is 2.30. The molecule has 3 N–H and O–H groups in total. The van der Waals surface area contributed by atoms with Gasteiger partial charge in [-0.15, -0.1) is 0 Å². The lowest BCUT2D eigenvalue weighted by molar-refractivity contribution is -0.384. The van der Waals surface area contributed by atoms with Gasteiger partial charge in [-0.05, 0) is 35.1 Å². The molecule has 1 atom stereocenters. The van der Waals surface area contributed by atoms with Gasteiger partial charge >= 0.3 is 0 Å². The van der Waals surface area contributed by atoms with Crippen molar-refractivity contribution >= 4 is 34.0 Å². The molecular formula is C10H14IN3O2. The van der Waals surface area contributed by atoms with Crippen LogP contribution >= 0.6 is 22.6 Å². The fourth-order valence-corrected chi connectivity index (χ4v) is 1.94. The van der Waals surface area contributed by atoms with Gasteiger partial charge in [-0.25, -0.2) is 0 Å². The molecule has 6 heteroatoms. The number of hydrogen-bond acceptors (Lipinski definition) is 4. The van der Waals surface area contributed by atoms with Crippen molar-refractivity contribution in [2.24, 2.45) is 5.73 Å². The Bertz CT molecular complexity index is 380. The third kappa shape index (κ3) is 3.31. The van der Waals surface area contributed by atoms with Gasteiger partial charge in [0.15, 0.2) is 0 Å². The summed E-state index contributed by atoms with van der Waals surface area (Å²) in [5.74, 6) is 0. The zero-order valence-electron chi connectivity index (χ0n) is 8.94. The molecule has 0 heterocycles. The summed E-state index contributed by atoms with van der Waals surface area (Å²) >= 11 is 2.08. The molecule has 0 bridgehead atoms. The number of nitro benzene ring substituents is 1. The van der Waals surface area contributed by atoms with Crippen LogP contribution in [0.1, 0.15) is 13.3 Å². The normalized spacial score (nSPS) is 12.2. The van der Waals surface area contributed by atoms with Crippen LogP contribution in [-0.2, 0) is 0 Å². The molecule has 1 unspecified atom stereocenters. The lowest BCUT2D eigenvalue weighted by Crippen LogP contribution is -2.28. The second-order valence-electron chi connectivity index (χ2n) is 3.41. The van der Waals surface area contributed by atoms with E-state index in [-0.39, 0.29) is 11.7 Å². The van der Waals surface area contributed by atoms with Gasteiger partial charge in [0.1, 0.15) is 0 Å². The number of nitrogens with two attached hydrogens (primary N) is 1. The summed E-state index contributed by atoms with van der Waals surface area (Å²) in [5.41, 5.74) is 6.59. The summed E-state index contributed by atoms with van der Waals surface area (Å²) in [5, 5.41) is 13.8. The minimum atomic E-state index is -0.397. The fraction of sp³-hybridized carbons (Fsp3) is 0.400. The Labute approximate surface area is 108 Å². The molecule has 0 fully saturated rings. The van der Waals surface area contributed by atoms with E-state index in [1.807, 2.05) is 6.92 Å². The SMILES string of the molecule is CCC(CN)Nc1ccc([N+](=O)[O-])cc1I. The first-order valence-electron chi connectivity index (χ1n) is 4.99. The Balaban J connectivity index is 2.86. The molecule has 1 aromatic rings. The number of anilines is 1. The van der Waals surface area contributed by atoms with E-state index >= 15 is 0 Å². The maximum atomic E-state index is 10.6. The Kier molecular flexibility index (Phi) is 4.94. The molecule has 0 aliphatic rings. The number of nitro groups is 1. The molecule has 0 aliphatic heterocycles. The summed E-state index contributed by atoms with van der Waals surface area (Å²) in [4.78, 5) is 10.2. The van der Waals surface area contributed by atoms with E-state index in [2.05, 4.69) is 27.9 Å². The van der Waals surface area contributed by atoms with Gasteiger partial charge in [0.05, 0.1) is 4.92 Å². The molecule has 0 amide bonds. The summed E-state index contributed by atoms with van der Waals surface area (Å²) in [6.07, 6.45) is 0.920. The van der Waals surface area contributed by atoms with Crippen LogP contribution in [0.25, 0.3) is 0 Å². The Morgan fingerprint density at radius 3 is 2.75 bits per heavy atom. The Hall–Kier alpha value is -0.890. The summed E-state index contributed by atoms with van der Waals surface area (Å²) in [6, 6.07) is 4.97. The maximum Gasteiger partial charge on any atom is 0.270 e. The Morgan fingerprint density at radius 1 is 1.62 bits per heavy atom. The van der Waals surface area contributed by atoms with Crippen molar-refractivity contribution in [3.8, 4) is 0 Å². The van der Waals surface area contributed by atoms with Gasteiger partial charge in [-0.1, -0.05) is 6.92 Å². The predicted octanol–water partition coefficient (Wildman–Crippen LogP) is 2.35. The van der Waals surface area contributed by atoms with Crippen molar-refractivity contribution in [1.29, 1.82) is 0 Å². The van der Waals surface area contributed by atoms with Gasteiger partial charge in [0.2, 0.25) is 0 Å². The fourth-order valence-electron chi connectivity index (χ4n) is 1.28. The number of rotatable bonds is 5. The van der Waals surface area contributed by atoms with E-state index < -0.39 is 4.92 Å². The zero-order chi connectivity index (χ0) is 12.1. The van der Waals surface area contributed by atoms with E-state index in [4.69, 9.17) is 5.73 Å². The van der Waals surface area contributed by atoms with E-state index in [1.165, 1.54) is 6.07 Å². The van der Waals surface area contributed by atoms with Crippen LogP contribution < -0.4 is 11.1 Å². The summed E-state index contributed by atoms with van der Waals surface area (Å²) in [7, 11) is 0. The van der Waals surface area contributed by atoms with Gasteiger partial charge in [-0.2, -0.15) is 0 Å². The number of benzene rings is 1. The van der Waals surface area contributed by atoms with Crippen molar-refractivity contribution in [3.63, 3.8) is 0 Å². The molecule has 0 aliphatic carbocycles. The molecule has 1 rings (SSSR count).